The zero-order chi connectivity index (χ0) is 73.0. The second-order valence-electron chi connectivity index (χ2n) is 29.3. The first-order chi connectivity index (χ1) is 47.8. The van der Waals surface area contributed by atoms with Crippen LogP contribution in [-0.4, -0.2) is 96.7 Å². The topological polar surface area (TPSA) is 237 Å². The third-order valence-corrected chi connectivity index (χ3v) is 20.3. The monoisotopic (exact) mass is 1450 g/mol. The summed E-state index contributed by atoms with van der Waals surface area (Å²) in [5.74, 6) is 0.174. The number of hydrogen-bond donors (Lipinski definition) is 3. The molecule has 19 heteroatoms. The Morgan fingerprint density at radius 3 is 0.899 bits per heavy atom. The van der Waals surface area contributed by atoms with Gasteiger partial charge in [0.05, 0.1) is 26.4 Å². The summed E-state index contributed by atoms with van der Waals surface area (Å²) in [6.07, 6.45) is 60.5. The molecule has 0 radical (unpaired) electrons. The number of hydrogen-bond acceptors (Lipinski definition) is 15. The van der Waals surface area contributed by atoms with Gasteiger partial charge in [0.25, 0.3) is 0 Å². The number of allylic oxidation sites excluding steroid dienone is 4. The van der Waals surface area contributed by atoms with Crippen LogP contribution in [0.1, 0.15) is 389 Å². The van der Waals surface area contributed by atoms with E-state index in [2.05, 4.69) is 72.8 Å². The fourth-order valence-corrected chi connectivity index (χ4v) is 13.3. The molecule has 0 aliphatic heterocycles. The Morgan fingerprint density at radius 2 is 0.596 bits per heavy atom. The van der Waals surface area contributed by atoms with E-state index in [1.807, 2.05) is 0 Å². The van der Waals surface area contributed by atoms with Gasteiger partial charge in [-0.15, -0.1) is 0 Å². The van der Waals surface area contributed by atoms with Gasteiger partial charge in [-0.3, -0.25) is 37.3 Å². The first-order valence-corrected chi connectivity index (χ1v) is 43.7. The number of unbranched alkanes of at least 4 members (excludes halogenated alkanes) is 40. The Kier molecular flexibility index (Phi) is 68.1. The molecule has 0 heterocycles. The molecule has 0 saturated heterocycles. The predicted molar refractivity (Wildman–Crippen MR) is 404 cm³/mol. The summed E-state index contributed by atoms with van der Waals surface area (Å²) in [6, 6.07) is 0. The zero-order valence-corrected chi connectivity index (χ0v) is 66.2. The highest BCUT2D eigenvalue weighted by atomic mass is 31.2. The van der Waals surface area contributed by atoms with Crippen LogP contribution in [0.15, 0.2) is 24.3 Å². The van der Waals surface area contributed by atoms with Crippen molar-refractivity contribution in [3.63, 3.8) is 0 Å². The molecular weight excluding hydrogens is 1290 g/mol. The van der Waals surface area contributed by atoms with E-state index in [0.717, 1.165) is 121 Å². The molecule has 0 aliphatic carbocycles. The zero-order valence-electron chi connectivity index (χ0n) is 64.4. The lowest BCUT2D eigenvalue weighted by molar-refractivity contribution is -0.161. The van der Waals surface area contributed by atoms with E-state index >= 15 is 0 Å². The lowest BCUT2D eigenvalue weighted by atomic mass is 9.99. The maximum Gasteiger partial charge on any atom is 0.472 e. The van der Waals surface area contributed by atoms with Crippen molar-refractivity contribution < 1.29 is 80.2 Å². The van der Waals surface area contributed by atoms with E-state index in [4.69, 9.17) is 37.0 Å². The summed E-state index contributed by atoms with van der Waals surface area (Å²) >= 11 is 0. The van der Waals surface area contributed by atoms with Crippen LogP contribution < -0.4 is 0 Å². The van der Waals surface area contributed by atoms with Crippen molar-refractivity contribution in [3.8, 4) is 0 Å². The van der Waals surface area contributed by atoms with Crippen LogP contribution in [0, 0.1) is 17.8 Å². The summed E-state index contributed by atoms with van der Waals surface area (Å²) in [4.78, 5) is 72.9. The average Bonchev–Trinajstić information content (AvgIpc) is 1.11. The minimum Gasteiger partial charge on any atom is -0.462 e. The van der Waals surface area contributed by atoms with E-state index in [1.54, 1.807) is 0 Å². The van der Waals surface area contributed by atoms with E-state index in [1.165, 1.54) is 180 Å². The second-order valence-corrected chi connectivity index (χ2v) is 32.2. The number of phosphoric acid groups is 2. The van der Waals surface area contributed by atoms with Gasteiger partial charge in [0.15, 0.2) is 12.2 Å². The summed E-state index contributed by atoms with van der Waals surface area (Å²) in [5, 5.41) is 10.6. The Morgan fingerprint density at radius 1 is 0.333 bits per heavy atom. The van der Waals surface area contributed by atoms with Gasteiger partial charge in [-0.25, -0.2) is 9.13 Å². The molecule has 99 heavy (non-hydrogen) atoms. The molecular formula is C80H152O17P2. The van der Waals surface area contributed by atoms with Gasteiger partial charge < -0.3 is 33.8 Å². The van der Waals surface area contributed by atoms with E-state index in [0.29, 0.717) is 31.6 Å². The number of ether oxygens (including phenoxy) is 4. The molecule has 0 spiro atoms. The Balaban J connectivity index is 5.25. The quantitative estimate of drug-likeness (QED) is 0.0169. The normalized spacial score (nSPS) is 14.4. The molecule has 0 fully saturated rings. The van der Waals surface area contributed by atoms with Crippen molar-refractivity contribution in [2.24, 2.45) is 17.8 Å². The van der Waals surface area contributed by atoms with Crippen molar-refractivity contribution in [2.45, 2.75) is 407 Å². The number of rotatable bonds is 76. The molecule has 6 atom stereocenters. The van der Waals surface area contributed by atoms with Crippen LogP contribution in [0.5, 0.6) is 0 Å². The SMILES string of the molecule is CCCCCC/C=C\C=C/CCCCCCCC(=O)O[C@H](COC(=O)CCCCCCCCCCCCCCCCC(C)C)COP(=O)(O)OC[C@@H](O)COP(=O)(O)OC[C@@H](COC(=O)CCCCCCCCC(C)C)OC(=O)CCCCCCCCCCCCCCCCC(C)CC. The molecule has 17 nitrogen and oxygen atoms in total. The standard InChI is InChI=1S/C80H152O17P2/c1-8-10-11-12-13-14-15-16-17-25-30-35-40-49-56-63-79(84)96-75(67-90-77(82)61-54-47-39-34-29-24-20-18-22-27-32-37-44-51-58-71(3)4)69-94-98(86,87)92-65-74(81)66-93-99(88,89)95-70-76(68-91-78(83)62-55-48-43-42-45-52-59-72(5)6)97-80(85)64-57-50-41-36-31-26-21-19-23-28-33-38-46-53-60-73(7)9-2/h14-17,71-76,81H,8-13,18-70H2,1-7H3,(H,86,87)(H,88,89)/b15-14-,17-16-/t73?,74-,75-,76-/m1/s1. The molecule has 0 aliphatic rings. The van der Waals surface area contributed by atoms with Gasteiger partial charge in [-0.1, -0.05) is 336 Å². The van der Waals surface area contributed by atoms with Crippen LogP contribution >= 0.6 is 15.6 Å². The number of phosphoric ester groups is 2. The van der Waals surface area contributed by atoms with Gasteiger partial charge in [0.2, 0.25) is 0 Å². The molecule has 0 bridgehead atoms. The number of esters is 4. The van der Waals surface area contributed by atoms with Crippen molar-refractivity contribution in [3.05, 3.63) is 24.3 Å². The molecule has 0 aromatic rings. The molecule has 0 aromatic carbocycles. The lowest BCUT2D eigenvalue weighted by Crippen LogP contribution is -2.30. The Bertz CT molecular complexity index is 2020. The fourth-order valence-electron chi connectivity index (χ4n) is 11.7. The molecule has 584 valence electrons. The minimum atomic E-state index is -4.97. The van der Waals surface area contributed by atoms with Gasteiger partial charge in [0.1, 0.15) is 19.3 Å². The molecule has 0 rings (SSSR count). The maximum atomic E-state index is 13.1. The highest BCUT2D eigenvalue weighted by Crippen LogP contribution is 2.45. The highest BCUT2D eigenvalue weighted by Gasteiger charge is 2.30. The van der Waals surface area contributed by atoms with Crippen molar-refractivity contribution in [1.29, 1.82) is 0 Å². The number of aliphatic hydroxyl groups excluding tert-OH is 1. The maximum absolute atomic E-state index is 13.1. The lowest BCUT2D eigenvalue weighted by Gasteiger charge is -2.21. The van der Waals surface area contributed by atoms with Crippen molar-refractivity contribution in [1.82, 2.24) is 0 Å². The third kappa shape index (κ3) is 72.3. The van der Waals surface area contributed by atoms with Crippen LogP contribution in [0.2, 0.25) is 0 Å². The van der Waals surface area contributed by atoms with Gasteiger partial charge in [-0.2, -0.15) is 0 Å². The molecule has 0 amide bonds. The van der Waals surface area contributed by atoms with E-state index in [-0.39, 0.29) is 25.7 Å². The molecule has 0 aromatic heterocycles. The summed E-state index contributed by atoms with van der Waals surface area (Å²) < 4.78 is 68.6. The molecule has 3 unspecified atom stereocenters. The summed E-state index contributed by atoms with van der Waals surface area (Å²) in [5.41, 5.74) is 0. The average molecular weight is 1450 g/mol. The van der Waals surface area contributed by atoms with Gasteiger partial charge in [0, 0.05) is 25.7 Å². The van der Waals surface area contributed by atoms with Gasteiger partial charge in [-0.05, 0) is 69.1 Å². The number of aliphatic hydroxyl groups is 1. The summed E-state index contributed by atoms with van der Waals surface area (Å²) in [6.45, 7) is 11.9. The van der Waals surface area contributed by atoms with Crippen LogP contribution in [0.25, 0.3) is 0 Å². The van der Waals surface area contributed by atoms with Crippen molar-refractivity contribution >= 4 is 39.5 Å². The smallest absolute Gasteiger partial charge is 0.462 e. The Hall–Kier alpha value is -2.46. The Labute approximate surface area is 605 Å². The number of carbonyl (C=O) groups is 4. The number of carbonyl (C=O) groups excluding carboxylic acids is 4. The van der Waals surface area contributed by atoms with Crippen LogP contribution in [-0.2, 0) is 65.4 Å². The van der Waals surface area contributed by atoms with Gasteiger partial charge >= 0.3 is 39.5 Å². The largest absolute Gasteiger partial charge is 0.472 e. The third-order valence-electron chi connectivity index (χ3n) is 18.4. The fraction of sp³-hybridized carbons (Fsp3) is 0.900. The first-order valence-electron chi connectivity index (χ1n) is 40.7. The highest BCUT2D eigenvalue weighted by molar-refractivity contribution is 7.47. The van der Waals surface area contributed by atoms with E-state index < -0.39 is 97.5 Å². The predicted octanol–water partition coefficient (Wildman–Crippen LogP) is 23.3. The minimum absolute atomic E-state index is 0.0850. The van der Waals surface area contributed by atoms with Crippen LogP contribution in [0.3, 0.4) is 0 Å². The summed E-state index contributed by atoms with van der Waals surface area (Å²) in [7, 11) is -9.93. The van der Waals surface area contributed by atoms with E-state index in [9.17, 15) is 43.2 Å². The second kappa shape index (κ2) is 69.9. The first kappa shape index (κ1) is 96.5. The molecule has 0 saturated carbocycles. The van der Waals surface area contributed by atoms with Crippen molar-refractivity contribution in [2.75, 3.05) is 39.6 Å². The molecule has 3 N–H and O–H groups in total. The van der Waals surface area contributed by atoms with Crippen LogP contribution in [0.4, 0.5) is 0 Å².